The van der Waals surface area contributed by atoms with Crippen LogP contribution in [0.15, 0.2) is 40.3 Å². The lowest BCUT2D eigenvalue weighted by atomic mass is 10.1. The number of H-pyrrole nitrogens is 1. The Labute approximate surface area is 166 Å². The number of nitrogens with one attached hydrogen (secondary N) is 1. The molecule has 0 radical (unpaired) electrons. The van der Waals surface area contributed by atoms with Gasteiger partial charge in [0.25, 0.3) is 5.56 Å². The molecule has 0 spiro atoms. The minimum atomic E-state index is 0.0145. The molecule has 0 aliphatic carbocycles. The van der Waals surface area contributed by atoms with Gasteiger partial charge in [-0.15, -0.1) is 0 Å². The number of hydrogen-bond donors (Lipinski definition) is 1. The topological polar surface area (TPSA) is 52.2 Å². The summed E-state index contributed by atoms with van der Waals surface area (Å²) in [6, 6.07) is 10.3. The average Bonchev–Trinajstić information content (AvgIpc) is 2.67. The van der Waals surface area contributed by atoms with E-state index in [-0.39, 0.29) is 5.56 Å². The van der Waals surface area contributed by atoms with Gasteiger partial charge in [-0.3, -0.25) is 9.69 Å². The predicted molar refractivity (Wildman–Crippen MR) is 112 cm³/mol. The van der Waals surface area contributed by atoms with Gasteiger partial charge in [0, 0.05) is 44.4 Å². The smallest absolute Gasteiger partial charge is 0.256 e. The van der Waals surface area contributed by atoms with Crippen molar-refractivity contribution in [1.82, 2.24) is 19.8 Å². The van der Waals surface area contributed by atoms with Crippen LogP contribution in [-0.4, -0.2) is 58.2 Å². The number of thioether (sulfide) groups is 1. The first-order chi connectivity index (χ1) is 13.0. The molecule has 1 saturated heterocycles. The highest BCUT2D eigenvalue weighted by atomic mass is 32.2. The van der Waals surface area contributed by atoms with Gasteiger partial charge >= 0.3 is 0 Å². The van der Waals surface area contributed by atoms with Crippen LogP contribution < -0.4 is 5.56 Å². The normalized spacial score (nSPS) is 17.1. The highest BCUT2D eigenvalue weighted by molar-refractivity contribution is 7.99. The predicted octanol–water partition coefficient (Wildman–Crippen LogP) is 3.00. The van der Waals surface area contributed by atoms with E-state index in [0.29, 0.717) is 18.2 Å². The molecule has 5 nitrogen and oxygen atoms in total. The van der Waals surface area contributed by atoms with E-state index in [1.807, 2.05) is 18.2 Å². The Balaban J connectivity index is 1.88. The Morgan fingerprint density at radius 3 is 2.56 bits per heavy atom. The summed E-state index contributed by atoms with van der Waals surface area (Å²) < 4.78 is 0. The van der Waals surface area contributed by atoms with Crippen molar-refractivity contribution in [2.24, 2.45) is 0 Å². The highest BCUT2D eigenvalue weighted by Crippen LogP contribution is 2.22. The first kappa shape index (κ1) is 20.1. The summed E-state index contributed by atoms with van der Waals surface area (Å²) in [7, 11) is 2.15. The van der Waals surface area contributed by atoms with Gasteiger partial charge in [-0.1, -0.05) is 55.9 Å². The van der Waals surface area contributed by atoms with Gasteiger partial charge in [-0.25, -0.2) is 4.98 Å². The van der Waals surface area contributed by atoms with Crippen molar-refractivity contribution in [3.63, 3.8) is 0 Å². The third-order valence-corrected chi connectivity index (χ3v) is 6.31. The molecule has 1 aromatic carbocycles. The zero-order chi connectivity index (χ0) is 19.2. The molecule has 1 aromatic heterocycles. The van der Waals surface area contributed by atoms with Gasteiger partial charge in [0.1, 0.15) is 0 Å². The molecule has 3 rings (SSSR count). The fourth-order valence-corrected chi connectivity index (χ4v) is 4.04. The first-order valence-corrected chi connectivity index (χ1v) is 10.7. The van der Waals surface area contributed by atoms with Crippen LogP contribution >= 0.6 is 11.8 Å². The Morgan fingerprint density at radius 2 is 1.89 bits per heavy atom. The van der Waals surface area contributed by atoms with Crippen molar-refractivity contribution in [3.8, 4) is 0 Å². The maximum absolute atomic E-state index is 12.9. The first-order valence-electron chi connectivity index (χ1n) is 9.78. The molecule has 2 aromatic rings. The zero-order valence-electron chi connectivity index (χ0n) is 16.6. The summed E-state index contributed by atoms with van der Waals surface area (Å²) in [6.07, 6.45) is 1.74. The van der Waals surface area contributed by atoms with Crippen LogP contribution in [0, 0.1) is 0 Å². The maximum Gasteiger partial charge on any atom is 0.256 e. The molecular formula is C21H30N4OS. The lowest BCUT2D eigenvalue weighted by Gasteiger charge is -2.32. The number of rotatable bonds is 7. The molecule has 1 fully saturated rings. The van der Waals surface area contributed by atoms with E-state index in [1.54, 1.807) is 11.8 Å². The third-order valence-electron chi connectivity index (χ3n) is 5.16. The number of aromatic nitrogens is 2. The van der Waals surface area contributed by atoms with E-state index in [1.165, 1.54) is 5.56 Å². The lowest BCUT2D eigenvalue weighted by molar-refractivity contribution is 0.147. The molecule has 146 valence electrons. The zero-order valence-corrected chi connectivity index (χ0v) is 17.4. The van der Waals surface area contributed by atoms with E-state index >= 15 is 0 Å². The number of hydrogen-bond acceptors (Lipinski definition) is 5. The maximum atomic E-state index is 12.9. The Bertz CT molecular complexity index is 785. The summed E-state index contributed by atoms with van der Waals surface area (Å²) in [4.78, 5) is 25.5. The largest absolute Gasteiger partial charge is 0.304 e. The molecule has 1 atom stereocenters. The molecule has 2 heterocycles. The van der Waals surface area contributed by atoms with Crippen LogP contribution in [0.2, 0.25) is 0 Å². The molecule has 0 bridgehead atoms. The Hall–Kier alpha value is -1.63. The summed E-state index contributed by atoms with van der Waals surface area (Å²) >= 11 is 1.65. The number of aromatic amines is 1. The summed E-state index contributed by atoms with van der Waals surface area (Å²) in [5, 5.41) is 1.17. The lowest BCUT2D eigenvalue weighted by Crippen LogP contribution is -2.44. The quantitative estimate of drug-likeness (QED) is 0.586. The van der Waals surface area contributed by atoms with Crippen LogP contribution in [0.4, 0.5) is 0 Å². The van der Waals surface area contributed by atoms with Gasteiger partial charge in [-0.05, 0) is 19.0 Å². The Kier molecular flexibility index (Phi) is 7.10. The fourth-order valence-electron chi connectivity index (χ4n) is 3.18. The van der Waals surface area contributed by atoms with Crippen molar-refractivity contribution in [1.29, 1.82) is 0 Å². The van der Waals surface area contributed by atoms with Crippen molar-refractivity contribution in [2.45, 2.75) is 43.6 Å². The summed E-state index contributed by atoms with van der Waals surface area (Å²) in [5.74, 6) is 0. The molecular weight excluding hydrogens is 356 g/mol. The van der Waals surface area contributed by atoms with Crippen molar-refractivity contribution >= 4 is 11.8 Å². The molecule has 0 amide bonds. The molecule has 1 aliphatic rings. The minimum absolute atomic E-state index is 0.0145. The van der Waals surface area contributed by atoms with Gasteiger partial charge in [0.2, 0.25) is 0 Å². The third kappa shape index (κ3) is 5.67. The number of piperazine rings is 1. The summed E-state index contributed by atoms with van der Waals surface area (Å²) in [5.41, 5.74) is 2.93. The van der Waals surface area contributed by atoms with Crippen LogP contribution in [0.5, 0.6) is 0 Å². The monoisotopic (exact) mass is 386 g/mol. The fraction of sp³-hybridized carbons (Fsp3) is 0.524. The highest BCUT2D eigenvalue weighted by Gasteiger charge is 2.19. The van der Waals surface area contributed by atoms with E-state index in [0.717, 1.165) is 49.0 Å². The second kappa shape index (κ2) is 9.53. The van der Waals surface area contributed by atoms with Crippen molar-refractivity contribution < 1.29 is 0 Å². The van der Waals surface area contributed by atoms with Crippen molar-refractivity contribution in [2.75, 3.05) is 33.2 Å². The van der Waals surface area contributed by atoms with Crippen LogP contribution in [0.3, 0.4) is 0 Å². The van der Waals surface area contributed by atoms with Gasteiger partial charge in [0.05, 0.1) is 11.3 Å². The number of nitrogens with zero attached hydrogens (tertiary/aromatic N) is 3. The molecule has 1 N–H and O–H groups in total. The molecule has 6 heteroatoms. The Morgan fingerprint density at radius 1 is 1.19 bits per heavy atom. The van der Waals surface area contributed by atoms with Crippen LogP contribution in [-0.2, 0) is 13.0 Å². The molecule has 1 aliphatic heterocycles. The number of benzene rings is 1. The second-order valence-corrected chi connectivity index (χ2v) is 8.80. The SMILES string of the molecule is CCC(C)Sc1nc(Cc2ccccc2)c(CN2CCN(C)CC2)c(=O)[nH]1. The van der Waals surface area contributed by atoms with E-state index in [4.69, 9.17) is 4.98 Å². The van der Waals surface area contributed by atoms with E-state index < -0.39 is 0 Å². The van der Waals surface area contributed by atoms with Crippen LogP contribution in [0.1, 0.15) is 37.1 Å². The second-order valence-electron chi connectivity index (χ2n) is 7.37. The minimum Gasteiger partial charge on any atom is -0.304 e. The molecule has 27 heavy (non-hydrogen) atoms. The summed E-state index contributed by atoms with van der Waals surface area (Å²) in [6.45, 7) is 9.06. The molecule has 0 saturated carbocycles. The average molecular weight is 387 g/mol. The standard InChI is InChI=1S/C21H30N4OS/c1-4-16(2)27-21-22-19(14-17-8-6-5-7-9-17)18(20(26)23-21)15-25-12-10-24(3)11-13-25/h5-9,16H,4,10-15H2,1-3H3,(H,22,23,26). The molecule has 1 unspecified atom stereocenters. The number of likely N-dealkylation sites (N-methyl/N-ethyl adjacent to an activating group) is 1. The van der Waals surface area contributed by atoms with Gasteiger partial charge in [-0.2, -0.15) is 0 Å². The van der Waals surface area contributed by atoms with Crippen molar-refractivity contribution in [3.05, 3.63) is 57.5 Å². The van der Waals surface area contributed by atoms with Gasteiger partial charge < -0.3 is 9.88 Å². The van der Waals surface area contributed by atoms with E-state index in [9.17, 15) is 4.79 Å². The van der Waals surface area contributed by atoms with Crippen LogP contribution in [0.25, 0.3) is 0 Å². The van der Waals surface area contributed by atoms with E-state index in [2.05, 4.69) is 47.8 Å². The van der Waals surface area contributed by atoms with Gasteiger partial charge in [0.15, 0.2) is 5.16 Å².